The van der Waals surface area contributed by atoms with E-state index in [-0.39, 0.29) is 6.42 Å². The number of amides is 1. The number of carbonyl (C=O) groups excluding carboxylic acids is 1. The molecule has 0 aliphatic carbocycles. The molecule has 1 rings (SSSR count). The zero-order valence-electron chi connectivity index (χ0n) is 9.66. The number of halogens is 1. The third kappa shape index (κ3) is 2.81. The molecule has 0 fully saturated rings. The second kappa shape index (κ2) is 4.95. The second-order valence-electron chi connectivity index (χ2n) is 4.02. The van der Waals surface area contributed by atoms with Gasteiger partial charge in [-0.05, 0) is 31.0 Å². The molecule has 1 unspecified atom stereocenters. The summed E-state index contributed by atoms with van der Waals surface area (Å²) in [7, 11) is 1.37. The van der Waals surface area contributed by atoms with Crippen molar-refractivity contribution in [3.63, 3.8) is 0 Å². The third-order valence-corrected chi connectivity index (χ3v) is 2.65. The first kappa shape index (κ1) is 13.2. The Bertz CT molecular complexity index is 447. The summed E-state index contributed by atoms with van der Waals surface area (Å²) in [4.78, 5) is 22.7. The number of hydrogen-bond acceptors (Lipinski definition) is 2. The van der Waals surface area contributed by atoms with E-state index in [1.54, 1.807) is 6.07 Å². The molecule has 0 spiro atoms. The first-order valence-electron chi connectivity index (χ1n) is 5.10. The summed E-state index contributed by atoms with van der Waals surface area (Å²) in [6, 6.07) is 5.57. The van der Waals surface area contributed by atoms with Crippen LogP contribution in [-0.2, 0) is 16.0 Å². The van der Waals surface area contributed by atoms with Gasteiger partial charge in [0.05, 0.1) is 0 Å². The van der Waals surface area contributed by atoms with Gasteiger partial charge < -0.3 is 10.4 Å². The maximum absolute atomic E-state index is 13.0. The molecule has 0 aliphatic rings. The molecule has 0 aromatic heterocycles. The number of carbonyl (C=O) groups is 2. The second-order valence-corrected chi connectivity index (χ2v) is 4.02. The van der Waals surface area contributed by atoms with Crippen LogP contribution in [0.2, 0.25) is 0 Å². The Balaban J connectivity index is 3.03. The van der Waals surface area contributed by atoms with Crippen LogP contribution in [0.1, 0.15) is 12.5 Å². The molecular weight excluding hydrogens is 225 g/mol. The Kier molecular flexibility index (Phi) is 3.83. The topological polar surface area (TPSA) is 66.4 Å². The van der Waals surface area contributed by atoms with Gasteiger partial charge in [0, 0.05) is 7.05 Å². The van der Waals surface area contributed by atoms with E-state index in [0.717, 1.165) is 0 Å². The zero-order valence-corrected chi connectivity index (χ0v) is 9.66. The summed E-state index contributed by atoms with van der Waals surface area (Å²) in [6.07, 6.45) is -0.0558. The molecule has 1 atom stereocenters. The number of benzene rings is 1. The van der Waals surface area contributed by atoms with Crippen molar-refractivity contribution < 1.29 is 19.1 Å². The van der Waals surface area contributed by atoms with Gasteiger partial charge in [-0.25, -0.2) is 4.39 Å². The largest absolute Gasteiger partial charge is 0.480 e. The van der Waals surface area contributed by atoms with Crippen LogP contribution < -0.4 is 5.32 Å². The molecule has 0 radical (unpaired) electrons. The fourth-order valence-electron chi connectivity index (χ4n) is 1.58. The minimum absolute atomic E-state index is 0.0558. The van der Waals surface area contributed by atoms with Crippen molar-refractivity contribution >= 4 is 11.9 Å². The number of rotatable bonds is 4. The predicted octanol–water partition coefficient (Wildman–Crippen LogP) is 1.21. The van der Waals surface area contributed by atoms with Crippen LogP contribution in [-0.4, -0.2) is 24.0 Å². The molecule has 2 N–H and O–H groups in total. The lowest BCUT2D eigenvalue weighted by atomic mass is 9.82. The van der Waals surface area contributed by atoms with Crippen molar-refractivity contribution in [2.45, 2.75) is 13.3 Å². The summed E-state index contributed by atoms with van der Waals surface area (Å²) in [5, 5.41) is 11.4. The van der Waals surface area contributed by atoms with Gasteiger partial charge in [0.1, 0.15) is 11.2 Å². The zero-order chi connectivity index (χ0) is 13.1. The molecule has 0 saturated heterocycles. The summed E-state index contributed by atoms with van der Waals surface area (Å²) >= 11 is 0. The van der Waals surface area contributed by atoms with Gasteiger partial charge in [-0.1, -0.05) is 12.1 Å². The van der Waals surface area contributed by atoms with E-state index in [0.29, 0.717) is 5.56 Å². The highest BCUT2D eigenvalue weighted by Crippen LogP contribution is 2.23. The van der Waals surface area contributed by atoms with Gasteiger partial charge >= 0.3 is 5.97 Å². The van der Waals surface area contributed by atoms with Crippen LogP contribution in [0.15, 0.2) is 24.3 Å². The lowest BCUT2D eigenvalue weighted by Crippen LogP contribution is -2.44. The van der Waals surface area contributed by atoms with Crippen LogP contribution in [0.3, 0.4) is 0 Å². The molecule has 1 aromatic carbocycles. The molecule has 0 saturated carbocycles. The Labute approximate surface area is 98.5 Å². The Morgan fingerprint density at radius 3 is 2.59 bits per heavy atom. The van der Waals surface area contributed by atoms with E-state index < -0.39 is 23.1 Å². The van der Waals surface area contributed by atoms with Crippen molar-refractivity contribution in [1.82, 2.24) is 5.32 Å². The van der Waals surface area contributed by atoms with Crippen molar-refractivity contribution in [1.29, 1.82) is 0 Å². The fraction of sp³-hybridized carbons (Fsp3) is 0.333. The van der Waals surface area contributed by atoms with Crippen molar-refractivity contribution in [2.75, 3.05) is 7.05 Å². The normalized spacial score (nSPS) is 13.8. The monoisotopic (exact) mass is 239 g/mol. The standard InChI is InChI=1S/C12H14FNO3/c1-12(11(16)17,10(15)14-2)7-8-4-3-5-9(13)6-8/h3-6H,7H2,1-2H3,(H,14,15)(H,16,17). The van der Waals surface area contributed by atoms with E-state index in [9.17, 15) is 14.0 Å². The lowest BCUT2D eigenvalue weighted by molar-refractivity contribution is -0.154. The maximum Gasteiger partial charge on any atom is 0.319 e. The van der Waals surface area contributed by atoms with E-state index in [4.69, 9.17) is 5.11 Å². The van der Waals surface area contributed by atoms with Gasteiger partial charge in [-0.15, -0.1) is 0 Å². The average molecular weight is 239 g/mol. The highest BCUT2D eigenvalue weighted by atomic mass is 19.1. The van der Waals surface area contributed by atoms with Gasteiger partial charge in [0.15, 0.2) is 0 Å². The first-order valence-corrected chi connectivity index (χ1v) is 5.10. The maximum atomic E-state index is 13.0. The Morgan fingerprint density at radius 2 is 2.12 bits per heavy atom. The van der Waals surface area contributed by atoms with Crippen LogP contribution >= 0.6 is 0 Å². The average Bonchev–Trinajstić information content (AvgIpc) is 2.27. The minimum atomic E-state index is -1.59. The van der Waals surface area contributed by atoms with Gasteiger partial charge in [0.2, 0.25) is 5.91 Å². The third-order valence-electron chi connectivity index (χ3n) is 2.65. The quantitative estimate of drug-likeness (QED) is 0.776. The van der Waals surface area contributed by atoms with Crippen molar-refractivity contribution in [2.24, 2.45) is 5.41 Å². The summed E-state index contributed by atoms with van der Waals surface area (Å²) in [5.74, 6) is -2.29. The van der Waals surface area contributed by atoms with E-state index in [1.807, 2.05) is 0 Å². The molecule has 0 bridgehead atoms. The number of nitrogens with one attached hydrogen (secondary N) is 1. The summed E-state index contributed by atoms with van der Waals surface area (Å²) < 4.78 is 13.0. The van der Waals surface area contributed by atoms with Crippen molar-refractivity contribution in [3.05, 3.63) is 35.6 Å². The first-order chi connectivity index (χ1) is 7.90. The van der Waals surface area contributed by atoms with E-state index in [1.165, 1.54) is 32.2 Å². The van der Waals surface area contributed by atoms with E-state index >= 15 is 0 Å². The molecule has 0 aliphatic heterocycles. The van der Waals surface area contributed by atoms with Crippen LogP contribution in [0.5, 0.6) is 0 Å². The highest BCUT2D eigenvalue weighted by molar-refractivity contribution is 6.01. The molecule has 17 heavy (non-hydrogen) atoms. The Hall–Kier alpha value is -1.91. The van der Waals surface area contributed by atoms with Gasteiger partial charge in [-0.3, -0.25) is 9.59 Å². The summed E-state index contributed by atoms with van der Waals surface area (Å²) in [5.41, 5.74) is -1.12. The highest BCUT2D eigenvalue weighted by Gasteiger charge is 2.40. The number of carboxylic acids is 1. The SMILES string of the molecule is CNC(=O)C(C)(Cc1cccc(F)c1)C(=O)O. The molecule has 92 valence electrons. The van der Waals surface area contributed by atoms with Crippen LogP contribution in [0, 0.1) is 11.2 Å². The van der Waals surface area contributed by atoms with E-state index in [2.05, 4.69) is 5.32 Å². The number of aliphatic carboxylic acids is 1. The molecule has 0 heterocycles. The lowest BCUT2D eigenvalue weighted by Gasteiger charge is -2.22. The molecule has 1 aromatic rings. The number of hydrogen-bond donors (Lipinski definition) is 2. The van der Waals surface area contributed by atoms with Gasteiger partial charge in [0.25, 0.3) is 0 Å². The molecular formula is C12H14FNO3. The van der Waals surface area contributed by atoms with Crippen LogP contribution in [0.25, 0.3) is 0 Å². The van der Waals surface area contributed by atoms with Crippen LogP contribution in [0.4, 0.5) is 4.39 Å². The Morgan fingerprint density at radius 1 is 1.47 bits per heavy atom. The fourth-order valence-corrected chi connectivity index (χ4v) is 1.58. The predicted molar refractivity (Wildman–Crippen MR) is 59.9 cm³/mol. The molecule has 4 nitrogen and oxygen atoms in total. The summed E-state index contributed by atoms with van der Waals surface area (Å²) in [6.45, 7) is 1.32. The molecule has 1 amide bonds. The molecule has 5 heteroatoms. The van der Waals surface area contributed by atoms with Gasteiger partial charge in [-0.2, -0.15) is 0 Å². The van der Waals surface area contributed by atoms with Crippen molar-refractivity contribution in [3.8, 4) is 0 Å². The number of carboxylic acid groups (broad SMARTS) is 1. The smallest absolute Gasteiger partial charge is 0.319 e. The minimum Gasteiger partial charge on any atom is -0.480 e.